The van der Waals surface area contributed by atoms with Crippen LogP contribution in [0, 0.1) is 0 Å². The maximum Gasteiger partial charge on any atom is 0.343 e. The summed E-state index contributed by atoms with van der Waals surface area (Å²) in [5.74, 6) is -3.02. The molecule has 4 N–H and O–H groups in total. The van der Waals surface area contributed by atoms with Crippen LogP contribution in [-0.2, 0) is 22.7 Å². The average Bonchev–Trinajstić information content (AvgIpc) is 3.16. The lowest BCUT2D eigenvalue weighted by Gasteiger charge is -2.22. The van der Waals surface area contributed by atoms with Gasteiger partial charge in [-0.3, -0.25) is 24.1 Å². The van der Waals surface area contributed by atoms with Crippen LogP contribution in [0.2, 0.25) is 0 Å². The van der Waals surface area contributed by atoms with E-state index >= 15 is 0 Å². The van der Waals surface area contributed by atoms with Crippen molar-refractivity contribution in [1.29, 1.82) is 0 Å². The summed E-state index contributed by atoms with van der Waals surface area (Å²) in [6.07, 6.45) is 0. The van der Waals surface area contributed by atoms with Gasteiger partial charge in [0.05, 0.1) is 14.2 Å². The van der Waals surface area contributed by atoms with Crippen molar-refractivity contribution in [3.05, 3.63) is 139 Å². The molecule has 2 aromatic carbocycles. The predicted octanol–water partition coefficient (Wildman–Crippen LogP) is 0.261. The van der Waals surface area contributed by atoms with Gasteiger partial charge in [0, 0.05) is 39.3 Å². The Morgan fingerprint density at radius 2 is 1.02 bits per heavy atom. The maximum atomic E-state index is 13.2. The maximum absolute atomic E-state index is 13.2. The fourth-order valence-electron chi connectivity index (χ4n) is 4.94. The molecule has 4 rings (SSSR count). The van der Waals surface area contributed by atoms with Crippen molar-refractivity contribution in [3.8, 4) is 0 Å². The Hall–Kier alpha value is -6.26. The average molecular weight is 717 g/mol. The number of carbonyl (C=O) groups excluding carboxylic acids is 4. The Kier molecular flexibility index (Phi) is 14.2. The molecular formula is C36H40N6O10. The highest BCUT2D eigenvalue weighted by molar-refractivity contribution is 5.95. The van der Waals surface area contributed by atoms with Gasteiger partial charge in [0.1, 0.15) is 35.7 Å². The van der Waals surface area contributed by atoms with E-state index in [1.54, 1.807) is 48.5 Å². The lowest BCUT2D eigenvalue weighted by atomic mass is 10.2. The van der Waals surface area contributed by atoms with Crippen molar-refractivity contribution >= 4 is 23.8 Å². The van der Waals surface area contributed by atoms with Gasteiger partial charge in [-0.05, 0) is 35.4 Å². The molecule has 0 radical (unpaired) electrons. The number of pyridine rings is 2. The molecule has 0 aliphatic heterocycles. The van der Waals surface area contributed by atoms with Crippen LogP contribution in [-0.4, -0.2) is 91.6 Å². The molecule has 2 amide bonds. The van der Waals surface area contributed by atoms with E-state index in [2.05, 4.69) is 20.1 Å². The van der Waals surface area contributed by atoms with Gasteiger partial charge in [-0.15, -0.1) is 9.46 Å². The molecule has 0 saturated carbocycles. The van der Waals surface area contributed by atoms with Crippen molar-refractivity contribution in [2.75, 3.05) is 53.5 Å². The van der Waals surface area contributed by atoms with Crippen molar-refractivity contribution in [2.45, 2.75) is 13.2 Å². The Morgan fingerprint density at radius 1 is 0.615 bits per heavy atom. The zero-order valence-electron chi connectivity index (χ0n) is 28.7. The number of aromatic nitrogens is 2. The molecule has 0 atom stereocenters. The first-order chi connectivity index (χ1) is 25.2. The van der Waals surface area contributed by atoms with E-state index in [0.29, 0.717) is 19.6 Å². The molecule has 4 aromatic rings. The van der Waals surface area contributed by atoms with Gasteiger partial charge in [-0.2, -0.15) is 0 Å². The predicted molar refractivity (Wildman–Crippen MR) is 188 cm³/mol. The third-order valence-electron chi connectivity index (χ3n) is 7.64. The van der Waals surface area contributed by atoms with Gasteiger partial charge in [0.15, 0.2) is 0 Å². The van der Waals surface area contributed by atoms with Gasteiger partial charge in [0.2, 0.25) is 0 Å². The Bertz CT molecular complexity index is 1830. The number of amides is 2. The van der Waals surface area contributed by atoms with Crippen molar-refractivity contribution < 1.29 is 38.3 Å². The second-order valence-corrected chi connectivity index (χ2v) is 11.1. The molecule has 2 heterocycles. The fourth-order valence-corrected chi connectivity index (χ4v) is 4.94. The fraction of sp³-hybridized carbons (Fsp3) is 0.278. The molecule has 0 unspecified atom stereocenters. The van der Waals surface area contributed by atoms with Crippen molar-refractivity contribution in [2.24, 2.45) is 5.73 Å². The number of nitrogens with two attached hydrogens (primary N) is 1. The summed E-state index contributed by atoms with van der Waals surface area (Å²) in [4.78, 5) is 90.2. The van der Waals surface area contributed by atoms with Gasteiger partial charge >= 0.3 is 11.9 Å². The molecule has 2 aromatic heterocycles. The highest BCUT2D eigenvalue weighted by Crippen LogP contribution is 2.06. The number of carbonyl (C=O) groups is 4. The minimum absolute atomic E-state index is 0.0493. The normalized spacial score (nSPS) is 10.7. The summed E-state index contributed by atoms with van der Waals surface area (Å²) in [6, 6.07) is 22.9. The second kappa shape index (κ2) is 19.2. The lowest BCUT2D eigenvalue weighted by molar-refractivity contribution is 0.0560. The first-order valence-electron chi connectivity index (χ1n) is 16.2. The van der Waals surface area contributed by atoms with E-state index in [1.165, 1.54) is 24.3 Å². The number of nitrogens with one attached hydrogen (secondary N) is 2. The topological polar surface area (TPSA) is 203 Å². The number of ether oxygens (including phenoxy) is 2. The van der Waals surface area contributed by atoms with Crippen LogP contribution in [0.1, 0.15) is 52.8 Å². The van der Waals surface area contributed by atoms with Gasteiger partial charge in [-0.25, -0.2) is 9.59 Å². The summed E-state index contributed by atoms with van der Waals surface area (Å²) < 4.78 is 10.9. The van der Waals surface area contributed by atoms with Crippen LogP contribution in [0.5, 0.6) is 0 Å². The molecule has 16 nitrogen and oxygen atoms in total. The molecule has 0 fully saturated rings. The van der Waals surface area contributed by atoms with E-state index in [-0.39, 0.29) is 55.4 Å². The number of benzene rings is 2. The quantitative estimate of drug-likeness (QED) is 0.119. The molecule has 16 heteroatoms. The lowest BCUT2D eigenvalue weighted by Crippen LogP contribution is -2.44. The Labute approximate surface area is 298 Å². The summed E-state index contributed by atoms with van der Waals surface area (Å²) >= 11 is 0. The minimum Gasteiger partial charge on any atom is -0.465 e. The summed E-state index contributed by atoms with van der Waals surface area (Å²) in [5, 5.41) is 5.49. The van der Waals surface area contributed by atoms with Crippen molar-refractivity contribution in [1.82, 2.24) is 25.0 Å². The third kappa shape index (κ3) is 10.1. The Balaban J connectivity index is 1.39. The number of methoxy groups -OCH3 is 2. The van der Waals surface area contributed by atoms with E-state index in [1.807, 2.05) is 17.0 Å². The third-order valence-corrected chi connectivity index (χ3v) is 7.64. The van der Waals surface area contributed by atoms with Gasteiger partial charge in [-0.1, -0.05) is 60.7 Å². The first kappa shape index (κ1) is 38.5. The first-order valence-corrected chi connectivity index (χ1v) is 16.2. The van der Waals surface area contributed by atoms with E-state index in [0.717, 1.165) is 34.8 Å². The zero-order chi connectivity index (χ0) is 37.5. The molecular weight excluding hydrogens is 676 g/mol. The highest BCUT2D eigenvalue weighted by atomic mass is 16.7. The van der Waals surface area contributed by atoms with Gasteiger partial charge < -0.3 is 35.5 Å². The minimum atomic E-state index is -0.875. The van der Waals surface area contributed by atoms with Crippen LogP contribution in [0.4, 0.5) is 0 Å². The Morgan fingerprint density at radius 3 is 1.38 bits per heavy atom. The number of hydrogen-bond donors (Lipinski definition) is 3. The monoisotopic (exact) mass is 716 g/mol. The zero-order valence-corrected chi connectivity index (χ0v) is 28.7. The SMILES string of the molecule is COC(=O)c1ccc(C(=O)NCCN(CCN)CCNC(=O)c2ccc(C(=O)OC)c(=O)n2OCc2ccccc2)n(OCc2ccccc2)c1=O. The highest BCUT2D eigenvalue weighted by Gasteiger charge is 2.22. The number of esters is 2. The second-order valence-electron chi connectivity index (χ2n) is 11.1. The largest absolute Gasteiger partial charge is 0.465 e. The van der Waals surface area contributed by atoms with Crippen LogP contribution in [0.15, 0.2) is 94.5 Å². The molecule has 0 spiro atoms. The smallest absolute Gasteiger partial charge is 0.343 e. The number of rotatable bonds is 18. The molecule has 0 bridgehead atoms. The molecule has 0 saturated heterocycles. The van der Waals surface area contributed by atoms with Crippen LogP contribution < -0.4 is 37.2 Å². The van der Waals surface area contributed by atoms with Gasteiger partial charge in [0.25, 0.3) is 22.9 Å². The molecule has 0 aliphatic rings. The number of nitrogens with zero attached hydrogens (tertiary/aromatic N) is 3. The van der Waals surface area contributed by atoms with E-state index < -0.39 is 34.9 Å². The molecule has 52 heavy (non-hydrogen) atoms. The summed E-state index contributed by atoms with van der Waals surface area (Å²) in [6.45, 7) is 1.48. The number of hydrogen-bond acceptors (Lipinski definition) is 12. The van der Waals surface area contributed by atoms with Crippen LogP contribution in [0.3, 0.4) is 0 Å². The van der Waals surface area contributed by atoms with Crippen LogP contribution >= 0.6 is 0 Å². The van der Waals surface area contributed by atoms with Crippen LogP contribution in [0.25, 0.3) is 0 Å². The molecule has 0 aliphatic carbocycles. The summed E-state index contributed by atoms with van der Waals surface area (Å²) in [7, 11) is 2.28. The molecule has 274 valence electrons. The van der Waals surface area contributed by atoms with E-state index in [9.17, 15) is 28.8 Å². The van der Waals surface area contributed by atoms with E-state index in [4.69, 9.17) is 15.4 Å². The van der Waals surface area contributed by atoms with Crippen molar-refractivity contribution in [3.63, 3.8) is 0 Å². The standard InChI is InChI=1S/C36H40N6O10/c1-49-35(47)27-13-15-29(41(33(27)45)51-23-25-9-5-3-6-10-25)31(43)38-18-21-40(20-17-37)22-19-39-32(44)30-16-14-28(36(48)50-2)34(46)42(30)52-24-26-11-7-4-8-12-26/h3-16H,17-24,37H2,1-2H3,(H,38,43)(H,39,44). The summed E-state index contributed by atoms with van der Waals surface area (Å²) in [5.41, 5.74) is 4.69.